The van der Waals surface area contributed by atoms with Crippen molar-refractivity contribution >= 4 is 16.9 Å². The van der Waals surface area contributed by atoms with Crippen LogP contribution in [-0.4, -0.2) is 33.4 Å². The van der Waals surface area contributed by atoms with Gasteiger partial charge in [0.15, 0.2) is 5.76 Å². The molecule has 1 aliphatic heterocycles. The summed E-state index contributed by atoms with van der Waals surface area (Å²) in [4.78, 5) is 31.2. The Morgan fingerprint density at radius 1 is 1.22 bits per heavy atom. The first kappa shape index (κ1) is 17.5. The molecule has 0 saturated carbocycles. The number of fused-ring (bicyclic) bond motifs is 1. The van der Waals surface area contributed by atoms with Gasteiger partial charge in [-0.05, 0) is 44.7 Å². The van der Waals surface area contributed by atoms with E-state index in [1.54, 1.807) is 10.9 Å². The van der Waals surface area contributed by atoms with Crippen LogP contribution >= 0.6 is 0 Å². The SMILES string of the molecule is Cc1ncn(CC2CCN(C(=O)c3cc4ccccc4o3)CC2)c(=O)c1C. The maximum Gasteiger partial charge on any atom is 0.289 e. The zero-order valence-corrected chi connectivity index (χ0v) is 15.6. The fourth-order valence-electron chi connectivity index (χ4n) is 3.65. The Hall–Kier alpha value is -2.89. The Morgan fingerprint density at radius 2 is 1.96 bits per heavy atom. The number of aryl methyl sites for hydroxylation is 1. The number of piperidine rings is 1. The molecular formula is C21H23N3O3. The molecule has 0 N–H and O–H groups in total. The van der Waals surface area contributed by atoms with Crippen LogP contribution in [0.5, 0.6) is 0 Å². The Balaban J connectivity index is 1.40. The van der Waals surface area contributed by atoms with Gasteiger partial charge >= 0.3 is 0 Å². The predicted octanol–water partition coefficient (Wildman–Crippen LogP) is 3.16. The Labute approximate surface area is 157 Å². The fourth-order valence-corrected chi connectivity index (χ4v) is 3.65. The van der Waals surface area contributed by atoms with E-state index in [1.165, 1.54) is 0 Å². The lowest BCUT2D eigenvalue weighted by molar-refractivity contribution is 0.0652. The number of carbonyl (C=O) groups excluding carboxylic acids is 1. The van der Waals surface area contributed by atoms with Crippen LogP contribution < -0.4 is 5.56 Å². The van der Waals surface area contributed by atoms with E-state index in [0.717, 1.165) is 29.5 Å². The molecule has 1 aliphatic rings. The largest absolute Gasteiger partial charge is 0.451 e. The van der Waals surface area contributed by atoms with Crippen LogP contribution in [-0.2, 0) is 6.54 Å². The number of para-hydroxylation sites is 1. The van der Waals surface area contributed by atoms with Gasteiger partial charge in [0.25, 0.3) is 11.5 Å². The van der Waals surface area contributed by atoms with Crippen LogP contribution in [0, 0.1) is 19.8 Å². The molecule has 1 aromatic carbocycles. The van der Waals surface area contributed by atoms with Crippen molar-refractivity contribution in [1.29, 1.82) is 0 Å². The first-order valence-electron chi connectivity index (χ1n) is 9.33. The average Bonchev–Trinajstić information content (AvgIpc) is 3.13. The Kier molecular flexibility index (Phi) is 4.56. The highest BCUT2D eigenvalue weighted by molar-refractivity contribution is 5.96. The van der Waals surface area contributed by atoms with Crippen molar-refractivity contribution in [3.8, 4) is 0 Å². The van der Waals surface area contributed by atoms with Crippen molar-refractivity contribution in [3.05, 3.63) is 64.0 Å². The van der Waals surface area contributed by atoms with Crippen molar-refractivity contribution in [2.24, 2.45) is 5.92 Å². The van der Waals surface area contributed by atoms with Crippen LogP contribution in [0.25, 0.3) is 11.0 Å². The van der Waals surface area contributed by atoms with E-state index in [4.69, 9.17) is 4.42 Å². The quantitative estimate of drug-likeness (QED) is 0.715. The van der Waals surface area contributed by atoms with E-state index in [0.29, 0.717) is 36.9 Å². The summed E-state index contributed by atoms with van der Waals surface area (Å²) in [6.45, 7) is 5.67. The van der Waals surface area contributed by atoms with Gasteiger partial charge in [0, 0.05) is 36.3 Å². The van der Waals surface area contributed by atoms with Gasteiger partial charge in [-0.15, -0.1) is 0 Å². The highest BCUT2D eigenvalue weighted by Crippen LogP contribution is 2.24. The summed E-state index contributed by atoms with van der Waals surface area (Å²) in [6.07, 6.45) is 3.37. The predicted molar refractivity (Wildman–Crippen MR) is 103 cm³/mol. The van der Waals surface area contributed by atoms with E-state index in [9.17, 15) is 9.59 Å². The number of amides is 1. The van der Waals surface area contributed by atoms with Gasteiger partial charge in [-0.2, -0.15) is 0 Å². The second-order valence-electron chi connectivity index (χ2n) is 7.30. The molecule has 0 radical (unpaired) electrons. The molecule has 3 aromatic rings. The third kappa shape index (κ3) is 3.39. The van der Waals surface area contributed by atoms with E-state index in [2.05, 4.69) is 4.98 Å². The van der Waals surface area contributed by atoms with E-state index < -0.39 is 0 Å². The van der Waals surface area contributed by atoms with Gasteiger partial charge in [-0.25, -0.2) is 4.98 Å². The van der Waals surface area contributed by atoms with Gasteiger partial charge < -0.3 is 9.32 Å². The van der Waals surface area contributed by atoms with Crippen LogP contribution in [0.1, 0.15) is 34.7 Å². The van der Waals surface area contributed by atoms with E-state index >= 15 is 0 Å². The van der Waals surface area contributed by atoms with Crippen molar-refractivity contribution in [3.63, 3.8) is 0 Å². The average molecular weight is 365 g/mol. The van der Waals surface area contributed by atoms with Crippen molar-refractivity contribution in [2.45, 2.75) is 33.2 Å². The number of rotatable bonds is 3. The molecule has 1 fully saturated rings. The summed E-state index contributed by atoms with van der Waals surface area (Å²) in [5.74, 6) is 0.699. The first-order chi connectivity index (χ1) is 13.0. The van der Waals surface area contributed by atoms with Crippen LogP contribution in [0.15, 0.2) is 45.9 Å². The molecule has 0 spiro atoms. The maximum absolute atomic E-state index is 12.7. The molecule has 6 heteroatoms. The minimum Gasteiger partial charge on any atom is -0.451 e. The summed E-state index contributed by atoms with van der Waals surface area (Å²) >= 11 is 0. The zero-order chi connectivity index (χ0) is 19.0. The molecule has 0 atom stereocenters. The number of benzene rings is 1. The minimum absolute atomic E-state index is 0.0308. The molecule has 140 valence electrons. The number of hydrogen-bond acceptors (Lipinski definition) is 4. The van der Waals surface area contributed by atoms with E-state index in [1.807, 2.05) is 49.1 Å². The monoisotopic (exact) mass is 365 g/mol. The number of furan rings is 1. The molecular weight excluding hydrogens is 342 g/mol. The topological polar surface area (TPSA) is 68.3 Å². The number of hydrogen-bond donors (Lipinski definition) is 0. The molecule has 1 amide bonds. The molecule has 27 heavy (non-hydrogen) atoms. The summed E-state index contributed by atoms with van der Waals surface area (Å²) in [5.41, 5.74) is 2.25. The van der Waals surface area contributed by atoms with Gasteiger partial charge in [0.05, 0.1) is 6.33 Å². The molecule has 3 heterocycles. The van der Waals surface area contributed by atoms with Crippen LogP contribution in [0.2, 0.25) is 0 Å². The molecule has 4 rings (SSSR count). The van der Waals surface area contributed by atoms with Crippen molar-refractivity contribution in [2.75, 3.05) is 13.1 Å². The van der Waals surface area contributed by atoms with Gasteiger partial charge in [-0.1, -0.05) is 18.2 Å². The minimum atomic E-state index is -0.0605. The number of likely N-dealkylation sites (tertiary alicyclic amines) is 1. The summed E-state index contributed by atoms with van der Waals surface area (Å²) in [6, 6.07) is 9.45. The third-order valence-corrected chi connectivity index (χ3v) is 5.51. The smallest absolute Gasteiger partial charge is 0.289 e. The fraction of sp³-hybridized carbons (Fsp3) is 0.381. The lowest BCUT2D eigenvalue weighted by Gasteiger charge is -2.31. The van der Waals surface area contributed by atoms with E-state index in [-0.39, 0.29) is 11.5 Å². The zero-order valence-electron chi connectivity index (χ0n) is 15.6. The molecule has 6 nitrogen and oxygen atoms in total. The van der Waals surface area contributed by atoms with Crippen LogP contribution in [0.3, 0.4) is 0 Å². The van der Waals surface area contributed by atoms with Crippen molar-refractivity contribution < 1.29 is 9.21 Å². The maximum atomic E-state index is 12.7. The normalized spacial score (nSPS) is 15.4. The summed E-state index contributed by atoms with van der Waals surface area (Å²) in [7, 11) is 0. The lowest BCUT2D eigenvalue weighted by Crippen LogP contribution is -2.40. The number of aromatic nitrogens is 2. The van der Waals surface area contributed by atoms with Gasteiger partial charge in [-0.3, -0.25) is 14.2 Å². The lowest BCUT2D eigenvalue weighted by atomic mass is 9.96. The Morgan fingerprint density at radius 3 is 2.70 bits per heavy atom. The second kappa shape index (κ2) is 7.02. The molecule has 2 aromatic heterocycles. The molecule has 0 aliphatic carbocycles. The van der Waals surface area contributed by atoms with Gasteiger partial charge in [0.1, 0.15) is 5.58 Å². The number of nitrogens with zero attached hydrogens (tertiary/aromatic N) is 3. The number of carbonyl (C=O) groups is 1. The third-order valence-electron chi connectivity index (χ3n) is 5.51. The van der Waals surface area contributed by atoms with Gasteiger partial charge in [0.2, 0.25) is 0 Å². The highest BCUT2D eigenvalue weighted by Gasteiger charge is 2.26. The molecule has 0 bridgehead atoms. The molecule has 1 saturated heterocycles. The molecule has 0 unspecified atom stereocenters. The summed E-state index contributed by atoms with van der Waals surface area (Å²) in [5, 5.41) is 0.942. The Bertz CT molecular complexity index is 1010. The van der Waals surface area contributed by atoms with Crippen molar-refractivity contribution in [1.82, 2.24) is 14.5 Å². The second-order valence-corrected chi connectivity index (χ2v) is 7.30. The summed E-state index contributed by atoms with van der Waals surface area (Å²) < 4.78 is 7.40. The van der Waals surface area contributed by atoms with Crippen LogP contribution in [0.4, 0.5) is 0 Å². The highest BCUT2D eigenvalue weighted by atomic mass is 16.3. The first-order valence-corrected chi connectivity index (χ1v) is 9.33. The standard InChI is InChI=1S/C21H23N3O3/c1-14-15(2)22-13-24(20(14)25)12-16-7-9-23(10-8-16)21(26)19-11-17-5-3-4-6-18(17)27-19/h3-6,11,13,16H,7-10,12H2,1-2H3.